The standard InChI is InChI=1S/C29H33N2O4/c1-31(15-13-30)14-12-23-18-27(33-3)28(34-4)19-24(23)25(31)16-22-10-11-26(32-2)29(17-22)35-20-21-8-6-5-7-9-21/h5-11,17-19,25H,12,14-16,20H2,1-4H3/q+1. The Kier molecular flexibility index (Phi) is 7.48. The molecule has 0 amide bonds. The van der Waals surface area contributed by atoms with E-state index < -0.39 is 0 Å². The summed E-state index contributed by atoms with van der Waals surface area (Å²) in [5.74, 6) is 2.87. The molecule has 3 aromatic carbocycles. The Hall–Kier alpha value is -3.69. The lowest BCUT2D eigenvalue weighted by Gasteiger charge is -2.44. The summed E-state index contributed by atoms with van der Waals surface area (Å²) >= 11 is 0. The summed E-state index contributed by atoms with van der Waals surface area (Å²) in [6.07, 6.45) is 1.64. The molecule has 0 fully saturated rings. The van der Waals surface area contributed by atoms with Crippen molar-refractivity contribution in [3.63, 3.8) is 0 Å². The molecular weight excluding hydrogens is 440 g/mol. The topological polar surface area (TPSA) is 60.7 Å². The summed E-state index contributed by atoms with van der Waals surface area (Å²) < 4.78 is 23.5. The van der Waals surface area contributed by atoms with Gasteiger partial charge in [0.15, 0.2) is 29.5 Å². The number of nitriles is 1. The van der Waals surface area contributed by atoms with E-state index in [1.807, 2.05) is 36.4 Å². The van der Waals surface area contributed by atoms with Gasteiger partial charge in [0.1, 0.15) is 18.7 Å². The van der Waals surface area contributed by atoms with Crippen LogP contribution in [0.3, 0.4) is 0 Å². The van der Waals surface area contributed by atoms with Crippen LogP contribution < -0.4 is 18.9 Å². The maximum Gasteiger partial charge on any atom is 0.166 e. The maximum atomic E-state index is 9.64. The fourth-order valence-electron chi connectivity index (χ4n) is 4.93. The number of quaternary nitrogens is 1. The zero-order chi connectivity index (χ0) is 24.8. The van der Waals surface area contributed by atoms with Gasteiger partial charge in [-0.05, 0) is 41.0 Å². The molecule has 0 saturated carbocycles. The van der Waals surface area contributed by atoms with E-state index in [2.05, 4.69) is 37.4 Å². The molecule has 2 unspecified atom stereocenters. The molecule has 0 aliphatic carbocycles. The van der Waals surface area contributed by atoms with Crippen molar-refractivity contribution >= 4 is 0 Å². The van der Waals surface area contributed by atoms with Gasteiger partial charge in [-0.25, -0.2) is 0 Å². The summed E-state index contributed by atoms with van der Waals surface area (Å²) in [5.41, 5.74) is 4.67. The third-order valence-corrected chi connectivity index (χ3v) is 6.97. The van der Waals surface area contributed by atoms with Crippen LogP contribution in [0.4, 0.5) is 0 Å². The first-order chi connectivity index (χ1) is 17.0. The average molecular weight is 474 g/mol. The molecule has 0 N–H and O–H groups in total. The highest BCUT2D eigenvalue weighted by molar-refractivity contribution is 5.50. The van der Waals surface area contributed by atoms with Gasteiger partial charge in [0.25, 0.3) is 0 Å². The molecule has 35 heavy (non-hydrogen) atoms. The van der Waals surface area contributed by atoms with Crippen LogP contribution in [-0.2, 0) is 19.4 Å². The van der Waals surface area contributed by atoms with E-state index >= 15 is 0 Å². The van der Waals surface area contributed by atoms with Gasteiger partial charge >= 0.3 is 0 Å². The predicted octanol–water partition coefficient (Wildman–Crippen LogP) is 5.10. The van der Waals surface area contributed by atoms with E-state index in [-0.39, 0.29) is 6.04 Å². The highest BCUT2D eigenvalue weighted by Gasteiger charge is 2.40. The second kappa shape index (κ2) is 10.7. The molecule has 4 rings (SSSR count). The second-order valence-electron chi connectivity index (χ2n) is 9.15. The van der Waals surface area contributed by atoms with Crippen LogP contribution in [0.1, 0.15) is 28.3 Å². The van der Waals surface area contributed by atoms with Gasteiger partial charge < -0.3 is 23.4 Å². The fraction of sp³-hybridized carbons (Fsp3) is 0.345. The van der Waals surface area contributed by atoms with Crippen LogP contribution in [0.2, 0.25) is 0 Å². The third kappa shape index (κ3) is 5.21. The first-order valence-corrected chi connectivity index (χ1v) is 11.8. The van der Waals surface area contributed by atoms with Crippen molar-refractivity contribution in [1.82, 2.24) is 0 Å². The summed E-state index contributed by atoms with van der Waals surface area (Å²) in [6.45, 7) is 1.78. The first-order valence-electron chi connectivity index (χ1n) is 11.8. The van der Waals surface area contributed by atoms with Gasteiger partial charge in [-0.1, -0.05) is 36.4 Å². The van der Waals surface area contributed by atoms with Crippen molar-refractivity contribution in [2.45, 2.75) is 25.5 Å². The maximum absolute atomic E-state index is 9.64. The van der Waals surface area contributed by atoms with E-state index in [9.17, 15) is 5.26 Å². The minimum Gasteiger partial charge on any atom is -0.493 e. The van der Waals surface area contributed by atoms with Gasteiger partial charge in [0.05, 0.1) is 34.9 Å². The van der Waals surface area contributed by atoms with Crippen LogP contribution in [0, 0.1) is 11.3 Å². The number of fused-ring (bicyclic) bond motifs is 1. The van der Waals surface area contributed by atoms with E-state index in [4.69, 9.17) is 18.9 Å². The SMILES string of the molecule is COc1cc2c(cc1OC)C(Cc1ccc(OC)c(OCc3ccccc3)c1)[N+](C)(CC#N)CC2. The van der Waals surface area contributed by atoms with Crippen molar-refractivity contribution < 1.29 is 23.4 Å². The fourth-order valence-corrected chi connectivity index (χ4v) is 4.93. The molecule has 182 valence electrons. The highest BCUT2D eigenvalue weighted by Crippen LogP contribution is 2.43. The quantitative estimate of drug-likeness (QED) is 0.320. The van der Waals surface area contributed by atoms with Gasteiger partial charge in [0, 0.05) is 18.4 Å². The Morgan fingerprint density at radius 3 is 2.26 bits per heavy atom. The molecule has 1 heterocycles. The molecule has 2 atom stereocenters. The Bertz CT molecular complexity index is 1210. The normalized spacial score (nSPS) is 18.8. The number of benzene rings is 3. The number of nitrogens with zero attached hydrogens (tertiary/aromatic N) is 2. The number of methoxy groups -OCH3 is 3. The Morgan fingerprint density at radius 1 is 0.857 bits per heavy atom. The lowest BCUT2D eigenvalue weighted by Crippen LogP contribution is -2.52. The summed E-state index contributed by atoms with van der Waals surface area (Å²) in [4.78, 5) is 0. The number of rotatable bonds is 9. The first kappa shape index (κ1) is 24.4. The van der Waals surface area contributed by atoms with Crippen molar-refractivity contribution in [2.24, 2.45) is 0 Å². The van der Waals surface area contributed by atoms with Crippen molar-refractivity contribution in [3.8, 4) is 29.1 Å². The van der Waals surface area contributed by atoms with Gasteiger partial charge in [-0.3, -0.25) is 0 Å². The van der Waals surface area contributed by atoms with E-state index in [0.29, 0.717) is 34.9 Å². The molecular formula is C29H33N2O4+. The van der Waals surface area contributed by atoms with Crippen molar-refractivity contribution in [1.29, 1.82) is 5.26 Å². The Labute approximate surface area is 207 Å². The summed E-state index contributed by atoms with van der Waals surface area (Å²) in [7, 11) is 7.14. The van der Waals surface area contributed by atoms with Crippen molar-refractivity contribution in [3.05, 3.63) is 82.9 Å². The molecule has 0 aromatic heterocycles. The van der Waals surface area contributed by atoms with Crippen LogP contribution in [0.5, 0.6) is 23.0 Å². The lowest BCUT2D eigenvalue weighted by atomic mass is 9.86. The summed E-state index contributed by atoms with van der Waals surface area (Å²) in [6, 6.07) is 22.9. The van der Waals surface area contributed by atoms with E-state index in [1.165, 1.54) is 11.1 Å². The van der Waals surface area contributed by atoms with Gasteiger partial charge in [-0.15, -0.1) is 0 Å². The van der Waals surface area contributed by atoms with Crippen LogP contribution in [-0.4, -0.2) is 45.9 Å². The predicted molar refractivity (Wildman–Crippen MR) is 135 cm³/mol. The van der Waals surface area contributed by atoms with Gasteiger partial charge in [0.2, 0.25) is 0 Å². The van der Waals surface area contributed by atoms with Gasteiger partial charge in [-0.2, -0.15) is 5.26 Å². The minimum atomic E-state index is 0.0913. The molecule has 1 aliphatic rings. The molecule has 6 nitrogen and oxygen atoms in total. The van der Waals surface area contributed by atoms with Crippen LogP contribution in [0.15, 0.2) is 60.7 Å². The molecule has 6 heteroatoms. The largest absolute Gasteiger partial charge is 0.493 e. The number of ether oxygens (including phenoxy) is 4. The molecule has 1 aliphatic heterocycles. The number of hydrogen-bond donors (Lipinski definition) is 0. The number of likely N-dealkylation sites (N-methyl/N-ethyl adjacent to an activating group) is 1. The van der Waals surface area contributed by atoms with E-state index in [1.54, 1.807) is 21.3 Å². The molecule has 0 bridgehead atoms. The smallest absolute Gasteiger partial charge is 0.166 e. The molecule has 0 radical (unpaired) electrons. The Balaban J connectivity index is 1.68. The highest BCUT2D eigenvalue weighted by atomic mass is 16.5. The molecule has 0 spiro atoms. The lowest BCUT2D eigenvalue weighted by molar-refractivity contribution is -0.935. The van der Waals surface area contributed by atoms with E-state index in [0.717, 1.165) is 36.3 Å². The monoisotopic (exact) mass is 473 g/mol. The number of hydrogen-bond acceptors (Lipinski definition) is 5. The molecule has 0 saturated heterocycles. The van der Waals surface area contributed by atoms with Crippen LogP contribution >= 0.6 is 0 Å². The zero-order valence-corrected chi connectivity index (χ0v) is 20.9. The average Bonchev–Trinajstić information content (AvgIpc) is 2.89. The minimum absolute atomic E-state index is 0.0913. The third-order valence-electron chi connectivity index (χ3n) is 6.97. The van der Waals surface area contributed by atoms with Crippen molar-refractivity contribution in [2.75, 3.05) is 41.5 Å². The van der Waals surface area contributed by atoms with Crippen LogP contribution in [0.25, 0.3) is 0 Å². The summed E-state index contributed by atoms with van der Waals surface area (Å²) in [5, 5.41) is 9.64. The zero-order valence-electron chi connectivity index (χ0n) is 20.9. The molecule has 3 aromatic rings. The second-order valence-corrected chi connectivity index (χ2v) is 9.15. The Morgan fingerprint density at radius 2 is 1.57 bits per heavy atom.